The van der Waals surface area contributed by atoms with Crippen molar-refractivity contribution in [1.82, 2.24) is 0 Å². The highest BCUT2D eigenvalue weighted by Crippen LogP contribution is 2.36. The van der Waals surface area contributed by atoms with Crippen LogP contribution in [-0.4, -0.2) is 10.2 Å². The minimum Gasteiger partial charge on any atom is -0.504 e. The number of para-hydroxylation sites is 1. The molecule has 2 rings (SSSR count). The van der Waals surface area contributed by atoms with E-state index in [1.807, 2.05) is 0 Å². The number of phenols is 2. The first kappa shape index (κ1) is 9.52. The van der Waals surface area contributed by atoms with Gasteiger partial charge in [0.05, 0.1) is 0 Å². The molecule has 0 aliphatic carbocycles. The van der Waals surface area contributed by atoms with E-state index in [1.165, 1.54) is 12.1 Å². The van der Waals surface area contributed by atoms with E-state index in [0.29, 0.717) is 0 Å². The second-order valence-electron chi connectivity index (χ2n) is 3.15. The van der Waals surface area contributed by atoms with Crippen molar-refractivity contribution in [3.05, 3.63) is 48.3 Å². The summed E-state index contributed by atoms with van der Waals surface area (Å²) in [5.74, 6) is -0.989. The van der Waals surface area contributed by atoms with Gasteiger partial charge in [0.15, 0.2) is 11.5 Å². The van der Waals surface area contributed by atoms with E-state index in [9.17, 15) is 14.6 Å². The number of rotatable bonds is 1. The zero-order valence-corrected chi connectivity index (χ0v) is 7.81. The van der Waals surface area contributed by atoms with E-state index < -0.39 is 5.82 Å². The van der Waals surface area contributed by atoms with Crippen molar-refractivity contribution < 1.29 is 14.6 Å². The number of phenolic OH excluding ortho intramolecular Hbond substituents is 2. The summed E-state index contributed by atoms with van der Waals surface area (Å²) in [5, 5.41) is 18.8. The predicted octanol–water partition coefficient (Wildman–Crippen LogP) is 2.90. The molecule has 76 valence electrons. The number of benzene rings is 2. The molecule has 15 heavy (non-hydrogen) atoms. The standard InChI is InChI=1S/C12H9FO2/c13-10-6-2-1-4-8(10)9-5-3-7-11(14)12(9)15/h1-7,14-15H. The monoisotopic (exact) mass is 204 g/mol. The molecule has 0 unspecified atom stereocenters. The van der Waals surface area contributed by atoms with Gasteiger partial charge < -0.3 is 10.2 Å². The Morgan fingerprint density at radius 3 is 2.20 bits per heavy atom. The van der Waals surface area contributed by atoms with Gasteiger partial charge in [-0.2, -0.15) is 0 Å². The molecule has 0 amide bonds. The lowest BCUT2D eigenvalue weighted by Gasteiger charge is -2.06. The Balaban J connectivity index is 2.65. The average molecular weight is 204 g/mol. The van der Waals surface area contributed by atoms with E-state index in [2.05, 4.69) is 0 Å². The fourth-order valence-electron chi connectivity index (χ4n) is 1.43. The Morgan fingerprint density at radius 1 is 0.800 bits per heavy atom. The Labute approximate surface area is 86.2 Å². The van der Waals surface area contributed by atoms with Gasteiger partial charge in [-0.1, -0.05) is 30.3 Å². The number of hydrogen-bond acceptors (Lipinski definition) is 2. The third kappa shape index (κ3) is 1.64. The molecule has 0 radical (unpaired) electrons. The first-order valence-corrected chi connectivity index (χ1v) is 4.46. The number of hydrogen-bond donors (Lipinski definition) is 2. The number of aromatic hydroxyl groups is 2. The molecule has 0 spiro atoms. The highest BCUT2D eigenvalue weighted by atomic mass is 19.1. The molecule has 0 heterocycles. The normalized spacial score (nSPS) is 10.2. The van der Waals surface area contributed by atoms with Crippen molar-refractivity contribution in [3.63, 3.8) is 0 Å². The molecule has 0 aliphatic heterocycles. The highest BCUT2D eigenvalue weighted by molar-refractivity contribution is 5.73. The van der Waals surface area contributed by atoms with Crippen molar-refractivity contribution in [2.75, 3.05) is 0 Å². The van der Waals surface area contributed by atoms with Crippen LogP contribution in [-0.2, 0) is 0 Å². The molecule has 0 fully saturated rings. The largest absolute Gasteiger partial charge is 0.504 e. The van der Waals surface area contributed by atoms with Crippen molar-refractivity contribution in [1.29, 1.82) is 0 Å². The van der Waals surface area contributed by atoms with Crippen molar-refractivity contribution >= 4 is 0 Å². The summed E-state index contributed by atoms with van der Waals surface area (Å²) in [6.07, 6.45) is 0. The minimum atomic E-state index is -0.432. The maximum absolute atomic E-state index is 13.4. The summed E-state index contributed by atoms with van der Waals surface area (Å²) in [4.78, 5) is 0. The molecule has 0 saturated carbocycles. The smallest absolute Gasteiger partial charge is 0.165 e. The van der Waals surface area contributed by atoms with Crippen molar-refractivity contribution in [3.8, 4) is 22.6 Å². The van der Waals surface area contributed by atoms with Crippen LogP contribution in [0.25, 0.3) is 11.1 Å². The molecule has 0 aliphatic rings. The van der Waals surface area contributed by atoms with Gasteiger partial charge in [-0.25, -0.2) is 4.39 Å². The second kappa shape index (κ2) is 3.61. The van der Waals surface area contributed by atoms with Gasteiger partial charge in [-0.3, -0.25) is 0 Å². The van der Waals surface area contributed by atoms with Gasteiger partial charge in [-0.05, 0) is 12.1 Å². The van der Waals surface area contributed by atoms with Gasteiger partial charge in [0.25, 0.3) is 0 Å². The topological polar surface area (TPSA) is 40.5 Å². The van der Waals surface area contributed by atoms with Gasteiger partial charge in [0.2, 0.25) is 0 Å². The zero-order chi connectivity index (χ0) is 10.8. The minimum absolute atomic E-state index is 0.254. The maximum Gasteiger partial charge on any atom is 0.165 e. The molecule has 2 nitrogen and oxygen atoms in total. The van der Waals surface area contributed by atoms with Crippen molar-refractivity contribution in [2.45, 2.75) is 0 Å². The quantitative estimate of drug-likeness (QED) is 0.701. The summed E-state index contributed by atoms with van der Waals surface area (Å²) < 4.78 is 13.4. The Hall–Kier alpha value is -2.03. The molecule has 0 bridgehead atoms. The van der Waals surface area contributed by atoms with E-state index >= 15 is 0 Å². The summed E-state index contributed by atoms with van der Waals surface area (Å²) in [7, 11) is 0. The van der Waals surface area contributed by atoms with Crippen molar-refractivity contribution in [2.24, 2.45) is 0 Å². The molecule has 2 aromatic carbocycles. The van der Waals surface area contributed by atoms with Gasteiger partial charge in [0.1, 0.15) is 5.82 Å². The van der Waals surface area contributed by atoms with E-state index in [1.54, 1.807) is 30.3 Å². The predicted molar refractivity (Wildman–Crippen MR) is 55.2 cm³/mol. The lowest BCUT2D eigenvalue weighted by molar-refractivity contribution is 0.405. The molecular formula is C12H9FO2. The van der Waals surface area contributed by atoms with Crippen LogP contribution in [0.2, 0.25) is 0 Å². The van der Waals surface area contributed by atoms with Gasteiger partial charge in [-0.15, -0.1) is 0 Å². The Morgan fingerprint density at radius 2 is 1.47 bits per heavy atom. The highest BCUT2D eigenvalue weighted by Gasteiger charge is 2.10. The fraction of sp³-hybridized carbons (Fsp3) is 0. The van der Waals surface area contributed by atoms with Crippen LogP contribution >= 0.6 is 0 Å². The molecule has 2 N–H and O–H groups in total. The molecule has 3 heteroatoms. The van der Waals surface area contributed by atoms with E-state index in [0.717, 1.165) is 0 Å². The Bertz CT molecular complexity index is 495. The second-order valence-corrected chi connectivity index (χ2v) is 3.15. The summed E-state index contributed by atoms with van der Waals surface area (Å²) in [5.41, 5.74) is 0.555. The van der Waals surface area contributed by atoms with Crippen LogP contribution in [0.15, 0.2) is 42.5 Å². The van der Waals surface area contributed by atoms with Crippen LogP contribution in [0.4, 0.5) is 4.39 Å². The number of halogens is 1. The summed E-state index contributed by atoms with van der Waals surface area (Å²) in [6, 6.07) is 10.5. The molecule has 0 saturated heterocycles. The summed E-state index contributed by atoms with van der Waals surface area (Å²) in [6.45, 7) is 0. The third-order valence-electron chi connectivity index (χ3n) is 2.18. The van der Waals surface area contributed by atoms with Gasteiger partial charge in [0, 0.05) is 11.1 Å². The SMILES string of the molecule is Oc1cccc(-c2ccccc2F)c1O. The molecular weight excluding hydrogens is 195 g/mol. The maximum atomic E-state index is 13.4. The molecule has 2 aromatic rings. The van der Waals surface area contributed by atoms with Crippen LogP contribution < -0.4 is 0 Å². The lowest BCUT2D eigenvalue weighted by Crippen LogP contribution is -1.84. The first-order valence-electron chi connectivity index (χ1n) is 4.46. The zero-order valence-electron chi connectivity index (χ0n) is 7.81. The van der Waals surface area contributed by atoms with Gasteiger partial charge >= 0.3 is 0 Å². The fourth-order valence-corrected chi connectivity index (χ4v) is 1.43. The summed E-state index contributed by atoms with van der Waals surface area (Å²) >= 11 is 0. The van der Waals surface area contributed by atoms with Crippen LogP contribution in [0.5, 0.6) is 11.5 Å². The Kier molecular flexibility index (Phi) is 2.29. The van der Waals surface area contributed by atoms with Crippen LogP contribution in [0.3, 0.4) is 0 Å². The van der Waals surface area contributed by atoms with Crippen LogP contribution in [0.1, 0.15) is 0 Å². The van der Waals surface area contributed by atoms with E-state index in [4.69, 9.17) is 0 Å². The molecule has 0 aromatic heterocycles. The van der Waals surface area contributed by atoms with E-state index in [-0.39, 0.29) is 22.6 Å². The molecule has 0 atom stereocenters. The van der Waals surface area contributed by atoms with Crippen LogP contribution in [0, 0.1) is 5.82 Å². The third-order valence-corrected chi connectivity index (χ3v) is 2.18. The average Bonchev–Trinajstić information content (AvgIpc) is 2.23. The first-order chi connectivity index (χ1) is 7.20. The lowest BCUT2D eigenvalue weighted by atomic mass is 10.0.